The van der Waals surface area contributed by atoms with Crippen molar-refractivity contribution in [3.8, 4) is 5.75 Å². The van der Waals surface area contributed by atoms with E-state index in [0.717, 1.165) is 33.3 Å². The first-order valence-corrected chi connectivity index (χ1v) is 8.09. The number of benzene rings is 1. The van der Waals surface area contributed by atoms with Crippen molar-refractivity contribution in [2.45, 2.75) is 34.2 Å². The molecule has 1 aromatic rings. The fourth-order valence-corrected chi connectivity index (χ4v) is 3.17. The summed E-state index contributed by atoms with van der Waals surface area (Å²) in [5, 5.41) is 3.53. The lowest BCUT2D eigenvalue weighted by Crippen LogP contribution is -2.33. The van der Waals surface area contributed by atoms with Crippen molar-refractivity contribution >= 4 is 31.9 Å². The van der Waals surface area contributed by atoms with E-state index in [0.29, 0.717) is 5.92 Å². The van der Waals surface area contributed by atoms with Crippen LogP contribution in [0, 0.1) is 11.3 Å². The van der Waals surface area contributed by atoms with Crippen LogP contribution < -0.4 is 10.1 Å². The Morgan fingerprint density at radius 2 is 1.89 bits per heavy atom. The van der Waals surface area contributed by atoms with Gasteiger partial charge in [-0.1, -0.05) is 43.6 Å². The molecule has 1 rings (SSSR count). The summed E-state index contributed by atoms with van der Waals surface area (Å²) in [7, 11) is 1.70. The quantitative estimate of drug-likeness (QED) is 0.735. The molecule has 1 aromatic carbocycles. The molecule has 0 aliphatic rings. The zero-order valence-corrected chi connectivity index (χ0v) is 15.5. The van der Waals surface area contributed by atoms with E-state index in [1.807, 2.05) is 6.07 Å². The van der Waals surface area contributed by atoms with E-state index in [1.54, 1.807) is 7.11 Å². The van der Waals surface area contributed by atoms with Crippen LogP contribution in [-0.4, -0.2) is 13.7 Å². The molecule has 0 aliphatic heterocycles. The van der Waals surface area contributed by atoms with Gasteiger partial charge in [-0.05, 0) is 39.4 Å². The topological polar surface area (TPSA) is 21.3 Å². The Hall–Kier alpha value is -0.0600. The molecule has 0 saturated carbocycles. The van der Waals surface area contributed by atoms with E-state index in [-0.39, 0.29) is 5.41 Å². The number of hydrogen-bond donors (Lipinski definition) is 1. The first-order chi connectivity index (χ1) is 8.77. The minimum Gasteiger partial charge on any atom is -0.495 e. The molecule has 1 N–H and O–H groups in total. The molecule has 108 valence electrons. The Balaban J connectivity index is 2.73. The second-order valence-corrected chi connectivity index (χ2v) is 7.60. The molecule has 0 heterocycles. The van der Waals surface area contributed by atoms with Gasteiger partial charge in [0.25, 0.3) is 0 Å². The summed E-state index contributed by atoms with van der Waals surface area (Å²) in [6.45, 7) is 10.9. The molecule has 0 unspecified atom stereocenters. The predicted molar refractivity (Wildman–Crippen MR) is 88.7 cm³/mol. The zero-order chi connectivity index (χ0) is 14.6. The van der Waals surface area contributed by atoms with Crippen LogP contribution in [0.25, 0.3) is 0 Å². The highest BCUT2D eigenvalue weighted by molar-refractivity contribution is 9.11. The molecule has 2 nitrogen and oxygen atoms in total. The molecule has 0 amide bonds. The summed E-state index contributed by atoms with van der Waals surface area (Å²) < 4.78 is 7.49. The summed E-state index contributed by atoms with van der Waals surface area (Å²) in [6, 6.07) is 4.10. The number of hydrogen-bond acceptors (Lipinski definition) is 2. The normalized spacial score (nSPS) is 12.0. The van der Waals surface area contributed by atoms with Crippen molar-refractivity contribution in [1.82, 2.24) is 5.32 Å². The lowest BCUT2D eigenvalue weighted by atomic mass is 9.81. The van der Waals surface area contributed by atoms with Crippen LogP contribution in [0.4, 0.5) is 0 Å². The second-order valence-electron chi connectivity index (χ2n) is 5.83. The number of methoxy groups -OCH3 is 1. The van der Waals surface area contributed by atoms with Crippen molar-refractivity contribution in [2.24, 2.45) is 11.3 Å². The summed E-state index contributed by atoms with van der Waals surface area (Å²) in [6.07, 6.45) is 0. The van der Waals surface area contributed by atoms with Crippen molar-refractivity contribution in [3.05, 3.63) is 26.6 Å². The molecule has 0 spiro atoms. The van der Waals surface area contributed by atoms with Gasteiger partial charge in [0.1, 0.15) is 5.75 Å². The molecular weight excluding hydrogens is 370 g/mol. The van der Waals surface area contributed by atoms with E-state index in [2.05, 4.69) is 70.9 Å². The number of nitrogens with one attached hydrogen (secondary N) is 1. The highest BCUT2D eigenvalue weighted by Gasteiger charge is 2.21. The zero-order valence-electron chi connectivity index (χ0n) is 12.3. The lowest BCUT2D eigenvalue weighted by Gasteiger charge is -2.29. The maximum absolute atomic E-state index is 5.45. The first kappa shape index (κ1) is 17.0. The maximum Gasteiger partial charge on any atom is 0.137 e. The van der Waals surface area contributed by atoms with Crippen molar-refractivity contribution in [3.63, 3.8) is 0 Å². The standard InChI is InChI=1S/C15H23Br2NO/c1-10(2)15(3,4)9-18-8-11-6-12(16)7-13(17)14(11)19-5/h6-7,10,18H,8-9H2,1-5H3. The monoisotopic (exact) mass is 391 g/mol. The van der Waals surface area contributed by atoms with E-state index in [9.17, 15) is 0 Å². The van der Waals surface area contributed by atoms with Crippen LogP contribution in [-0.2, 0) is 6.54 Å². The van der Waals surface area contributed by atoms with Crippen LogP contribution >= 0.6 is 31.9 Å². The third-order valence-electron chi connectivity index (χ3n) is 3.75. The summed E-state index contributed by atoms with van der Waals surface area (Å²) in [5.74, 6) is 1.55. The summed E-state index contributed by atoms with van der Waals surface area (Å²) in [5.41, 5.74) is 1.44. The third kappa shape index (κ3) is 4.76. The van der Waals surface area contributed by atoms with Gasteiger partial charge in [0.05, 0.1) is 11.6 Å². The number of rotatable bonds is 6. The van der Waals surface area contributed by atoms with Crippen molar-refractivity contribution in [1.29, 1.82) is 0 Å². The molecule has 0 aromatic heterocycles. The van der Waals surface area contributed by atoms with Gasteiger partial charge in [0.2, 0.25) is 0 Å². The molecule has 4 heteroatoms. The van der Waals surface area contributed by atoms with Gasteiger partial charge < -0.3 is 10.1 Å². The van der Waals surface area contributed by atoms with Crippen LogP contribution in [0.2, 0.25) is 0 Å². The minimum atomic E-state index is 0.288. The largest absolute Gasteiger partial charge is 0.495 e. The van der Waals surface area contributed by atoms with E-state index >= 15 is 0 Å². The average molecular weight is 393 g/mol. The van der Waals surface area contributed by atoms with E-state index in [1.165, 1.54) is 0 Å². The van der Waals surface area contributed by atoms with Crippen LogP contribution in [0.5, 0.6) is 5.75 Å². The molecule has 0 saturated heterocycles. The average Bonchev–Trinajstić information content (AvgIpc) is 2.27. The van der Waals surface area contributed by atoms with Gasteiger partial charge in [-0.2, -0.15) is 0 Å². The third-order valence-corrected chi connectivity index (χ3v) is 4.80. The molecule has 19 heavy (non-hydrogen) atoms. The van der Waals surface area contributed by atoms with Gasteiger partial charge in [-0.3, -0.25) is 0 Å². The molecular formula is C15H23Br2NO. The number of ether oxygens (including phenoxy) is 1. The molecule has 0 bridgehead atoms. The molecule has 0 fully saturated rings. The summed E-state index contributed by atoms with van der Waals surface area (Å²) >= 11 is 7.05. The van der Waals surface area contributed by atoms with Gasteiger partial charge >= 0.3 is 0 Å². The lowest BCUT2D eigenvalue weighted by molar-refractivity contribution is 0.237. The maximum atomic E-state index is 5.45. The minimum absolute atomic E-state index is 0.288. The van der Waals surface area contributed by atoms with Gasteiger partial charge in [0, 0.05) is 23.1 Å². The summed E-state index contributed by atoms with van der Waals surface area (Å²) in [4.78, 5) is 0. The Morgan fingerprint density at radius 1 is 1.26 bits per heavy atom. The van der Waals surface area contributed by atoms with Crippen LogP contribution in [0.3, 0.4) is 0 Å². The van der Waals surface area contributed by atoms with Crippen molar-refractivity contribution in [2.75, 3.05) is 13.7 Å². The Labute approximate surface area is 133 Å². The Kier molecular flexibility index (Phi) is 6.34. The number of halogens is 2. The van der Waals surface area contributed by atoms with Gasteiger partial charge in [-0.25, -0.2) is 0 Å². The van der Waals surface area contributed by atoms with Crippen LogP contribution in [0.1, 0.15) is 33.3 Å². The van der Waals surface area contributed by atoms with Crippen molar-refractivity contribution < 1.29 is 4.74 Å². The SMILES string of the molecule is COc1c(Br)cc(Br)cc1CNCC(C)(C)C(C)C. The smallest absolute Gasteiger partial charge is 0.137 e. The first-order valence-electron chi connectivity index (χ1n) is 6.50. The molecule has 0 radical (unpaired) electrons. The molecule has 0 aliphatic carbocycles. The van der Waals surface area contributed by atoms with Crippen LogP contribution in [0.15, 0.2) is 21.1 Å². The highest BCUT2D eigenvalue weighted by Crippen LogP contribution is 2.33. The second kappa shape index (κ2) is 7.09. The Morgan fingerprint density at radius 3 is 2.42 bits per heavy atom. The van der Waals surface area contributed by atoms with E-state index in [4.69, 9.17) is 4.74 Å². The highest BCUT2D eigenvalue weighted by atomic mass is 79.9. The predicted octanol–water partition coefficient (Wildman–Crippen LogP) is 4.99. The Bertz CT molecular complexity index is 430. The fourth-order valence-electron chi connectivity index (χ4n) is 1.70. The molecule has 0 atom stereocenters. The van der Waals surface area contributed by atoms with Gasteiger partial charge in [-0.15, -0.1) is 0 Å². The van der Waals surface area contributed by atoms with Gasteiger partial charge in [0.15, 0.2) is 0 Å². The fraction of sp³-hybridized carbons (Fsp3) is 0.600. The van der Waals surface area contributed by atoms with E-state index < -0.39 is 0 Å².